The molecule has 0 aliphatic heterocycles. The van der Waals surface area contributed by atoms with Gasteiger partial charge in [-0.2, -0.15) is 5.26 Å². The smallest absolute Gasteiger partial charge is 0.238 e. The Bertz CT molecular complexity index is 778. The Morgan fingerprint density at radius 2 is 2.23 bits per heavy atom. The van der Waals surface area contributed by atoms with Crippen molar-refractivity contribution in [3.8, 4) is 6.07 Å². The lowest BCUT2D eigenvalue weighted by atomic mass is 10.1. The minimum Gasteiger partial charge on any atom is -0.373 e. The van der Waals surface area contributed by atoms with E-state index in [0.717, 1.165) is 19.5 Å². The maximum Gasteiger partial charge on any atom is 0.238 e. The lowest BCUT2D eigenvalue weighted by Crippen LogP contribution is -2.21. The van der Waals surface area contributed by atoms with Gasteiger partial charge in [0.15, 0.2) is 0 Å². The SMILES string of the molecule is CN(CCCn1ccnc1)c1ccc(S(N)(=O)=O)cc1C#N. The van der Waals surface area contributed by atoms with Crippen molar-refractivity contribution in [2.75, 3.05) is 18.5 Å². The first-order chi connectivity index (χ1) is 10.4. The standard InChI is InChI=1S/C14H17N5O2S/c1-18(6-2-7-19-8-5-17-11-19)14-4-3-13(22(16,20)21)9-12(14)10-15/h3-5,8-9,11H,2,6-7H2,1H3,(H2,16,20,21). The first kappa shape index (κ1) is 16.0. The number of sulfonamides is 1. The molecule has 1 aromatic carbocycles. The van der Waals surface area contributed by atoms with Crippen LogP contribution in [-0.4, -0.2) is 31.6 Å². The molecule has 0 saturated heterocycles. The Morgan fingerprint density at radius 3 is 2.82 bits per heavy atom. The van der Waals surface area contributed by atoms with E-state index >= 15 is 0 Å². The largest absolute Gasteiger partial charge is 0.373 e. The summed E-state index contributed by atoms with van der Waals surface area (Å²) < 4.78 is 24.6. The van der Waals surface area contributed by atoms with Gasteiger partial charge in [0.05, 0.1) is 22.5 Å². The molecule has 0 unspecified atom stereocenters. The zero-order valence-corrected chi connectivity index (χ0v) is 13.0. The van der Waals surface area contributed by atoms with Crippen molar-refractivity contribution in [2.24, 2.45) is 5.14 Å². The van der Waals surface area contributed by atoms with Gasteiger partial charge in [-0.3, -0.25) is 0 Å². The van der Waals surface area contributed by atoms with Crippen LogP contribution in [0.1, 0.15) is 12.0 Å². The van der Waals surface area contributed by atoms with Crippen LogP contribution < -0.4 is 10.0 Å². The Hall–Kier alpha value is -2.37. The molecule has 22 heavy (non-hydrogen) atoms. The van der Waals surface area contributed by atoms with Crippen LogP contribution in [0.3, 0.4) is 0 Å². The van der Waals surface area contributed by atoms with Crippen LogP contribution in [0.5, 0.6) is 0 Å². The lowest BCUT2D eigenvalue weighted by Gasteiger charge is -2.21. The third kappa shape index (κ3) is 3.84. The summed E-state index contributed by atoms with van der Waals surface area (Å²) in [5.74, 6) is 0. The molecule has 0 spiro atoms. The second kappa shape index (κ2) is 6.60. The van der Waals surface area contributed by atoms with Crippen molar-refractivity contribution in [3.63, 3.8) is 0 Å². The highest BCUT2D eigenvalue weighted by atomic mass is 32.2. The van der Waals surface area contributed by atoms with E-state index in [1.54, 1.807) is 18.6 Å². The van der Waals surface area contributed by atoms with E-state index in [4.69, 9.17) is 5.14 Å². The van der Waals surface area contributed by atoms with Crippen molar-refractivity contribution in [1.29, 1.82) is 5.26 Å². The van der Waals surface area contributed by atoms with E-state index in [1.807, 2.05) is 28.8 Å². The van der Waals surface area contributed by atoms with Crippen LogP contribution in [0.25, 0.3) is 0 Å². The number of aromatic nitrogens is 2. The summed E-state index contributed by atoms with van der Waals surface area (Å²) in [6.45, 7) is 1.54. The zero-order valence-electron chi connectivity index (χ0n) is 12.2. The molecule has 7 nitrogen and oxygen atoms in total. The topological polar surface area (TPSA) is 105 Å². The number of rotatable bonds is 6. The van der Waals surface area contributed by atoms with Crippen LogP contribution in [-0.2, 0) is 16.6 Å². The van der Waals surface area contributed by atoms with Gasteiger partial charge in [-0.05, 0) is 24.6 Å². The second-order valence-electron chi connectivity index (χ2n) is 4.91. The van der Waals surface area contributed by atoms with E-state index < -0.39 is 10.0 Å². The first-order valence-electron chi connectivity index (χ1n) is 6.65. The molecule has 1 aromatic heterocycles. The summed E-state index contributed by atoms with van der Waals surface area (Å²) in [6.07, 6.45) is 6.24. The van der Waals surface area contributed by atoms with Gasteiger partial charge in [-0.1, -0.05) is 0 Å². The molecule has 116 valence electrons. The molecule has 0 fully saturated rings. The molecular weight excluding hydrogens is 302 g/mol. The number of primary sulfonamides is 1. The Balaban J connectivity index is 2.09. The second-order valence-corrected chi connectivity index (χ2v) is 6.47. The normalized spacial score (nSPS) is 11.1. The third-order valence-corrected chi connectivity index (χ3v) is 4.21. The number of nitrogens with two attached hydrogens (primary N) is 1. The number of imidazole rings is 1. The van der Waals surface area contributed by atoms with Crippen LogP contribution in [0.4, 0.5) is 5.69 Å². The number of hydrogen-bond acceptors (Lipinski definition) is 5. The van der Waals surface area contributed by atoms with Crippen LogP contribution in [0.15, 0.2) is 41.8 Å². The van der Waals surface area contributed by atoms with Crippen molar-refractivity contribution >= 4 is 15.7 Å². The lowest BCUT2D eigenvalue weighted by molar-refractivity contribution is 0.597. The fourth-order valence-electron chi connectivity index (χ4n) is 2.14. The van der Waals surface area contributed by atoms with Gasteiger partial charge in [0.2, 0.25) is 10.0 Å². The summed E-state index contributed by atoms with van der Waals surface area (Å²) >= 11 is 0. The van der Waals surface area contributed by atoms with E-state index in [0.29, 0.717) is 5.69 Å². The predicted molar refractivity (Wildman–Crippen MR) is 82.6 cm³/mol. The van der Waals surface area contributed by atoms with Gasteiger partial charge in [0.25, 0.3) is 0 Å². The van der Waals surface area contributed by atoms with E-state index in [9.17, 15) is 13.7 Å². The van der Waals surface area contributed by atoms with Crippen LogP contribution in [0.2, 0.25) is 0 Å². The maximum atomic E-state index is 11.3. The first-order valence-corrected chi connectivity index (χ1v) is 8.20. The molecule has 0 amide bonds. The quantitative estimate of drug-likeness (QED) is 0.852. The summed E-state index contributed by atoms with van der Waals surface area (Å²) in [5, 5.41) is 14.3. The van der Waals surface area contributed by atoms with E-state index in [-0.39, 0.29) is 10.5 Å². The number of hydrogen-bond donors (Lipinski definition) is 1. The summed E-state index contributed by atoms with van der Waals surface area (Å²) in [4.78, 5) is 5.84. The van der Waals surface area contributed by atoms with E-state index in [2.05, 4.69) is 4.98 Å². The number of nitriles is 1. The monoisotopic (exact) mass is 319 g/mol. The van der Waals surface area contributed by atoms with Crippen LogP contribution >= 0.6 is 0 Å². The zero-order chi connectivity index (χ0) is 16.2. The molecule has 0 saturated carbocycles. The highest BCUT2D eigenvalue weighted by Gasteiger charge is 2.13. The molecule has 0 atom stereocenters. The molecule has 1 heterocycles. The number of aryl methyl sites for hydroxylation is 1. The summed E-state index contributed by atoms with van der Waals surface area (Å²) in [6, 6.07) is 6.34. The van der Waals surface area contributed by atoms with Crippen molar-refractivity contribution in [2.45, 2.75) is 17.9 Å². The molecule has 0 radical (unpaired) electrons. The number of benzene rings is 1. The molecule has 2 aromatic rings. The molecule has 2 rings (SSSR count). The Morgan fingerprint density at radius 1 is 1.45 bits per heavy atom. The fourth-order valence-corrected chi connectivity index (χ4v) is 2.68. The van der Waals surface area contributed by atoms with Crippen molar-refractivity contribution < 1.29 is 8.42 Å². The number of nitrogens with zero attached hydrogens (tertiary/aromatic N) is 4. The molecular formula is C14H17N5O2S. The average molecular weight is 319 g/mol. The highest BCUT2D eigenvalue weighted by molar-refractivity contribution is 7.89. The minimum atomic E-state index is -3.80. The van der Waals surface area contributed by atoms with Crippen molar-refractivity contribution in [1.82, 2.24) is 9.55 Å². The Labute approximate surface area is 129 Å². The molecule has 0 aliphatic rings. The van der Waals surface area contributed by atoms with Gasteiger partial charge >= 0.3 is 0 Å². The molecule has 0 bridgehead atoms. The molecule has 2 N–H and O–H groups in total. The van der Waals surface area contributed by atoms with Gasteiger partial charge in [-0.15, -0.1) is 0 Å². The molecule has 8 heteroatoms. The predicted octanol–water partition coefficient (Wildman–Crippen LogP) is 0.929. The van der Waals surface area contributed by atoms with Gasteiger partial charge in [0, 0.05) is 32.5 Å². The van der Waals surface area contributed by atoms with Crippen molar-refractivity contribution in [3.05, 3.63) is 42.5 Å². The highest BCUT2D eigenvalue weighted by Crippen LogP contribution is 2.22. The summed E-state index contributed by atoms with van der Waals surface area (Å²) in [5.41, 5.74) is 0.970. The number of anilines is 1. The van der Waals surface area contributed by atoms with E-state index in [1.165, 1.54) is 12.1 Å². The fraction of sp³-hybridized carbons (Fsp3) is 0.286. The van der Waals surface area contributed by atoms with Gasteiger partial charge in [-0.25, -0.2) is 18.5 Å². The van der Waals surface area contributed by atoms with Gasteiger partial charge in [0.1, 0.15) is 6.07 Å². The molecule has 0 aliphatic carbocycles. The minimum absolute atomic E-state index is 0.0559. The maximum absolute atomic E-state index is 11.3. The van der Waals surface area contributed by atoms with Gasteiger partial charge < -0.3 is 9.47 Å². The Kier molecular flexibility index (Phi) is 4.80. The third-order valence-electron chi connectivity index (χ3n) is 3.30. The summed E-state index contributed by atoms with van der Waals surface area (Å²) in [7, 11) is -1.94. The average Bonchev–Trinajstić information content (AvgIpc) is 2.98. The van der Waals surface area contributed by atoms with Crippen LogP contribution in [0, 0.1) is 11.3 Å².